The standard InChI is InChI=1S/C18H24ClNO6/c1-3-6-26-17-14(19)8-12(9-15(17)24-4-2)18(23)20-5-7-25-13(11-20)10-16(21)22/h8-9,13H,3-7,10-11H2,1-2H3,(H,21,22). The van der Waals surface area contributed by atoms with Crippen LogP contribution in [-0.4, -0.2) is 60.9 Å². The molecule has 2 rings (SSSR count). The fourth-order valence-electron chi connectivity index (χ4n) is 2.70. The van der Waals surface area contributed by atoms with Crippen LogP contribution in [0.25, 0.3) is 0 Å². The number of ether oxygens (including phenoxy) is 3. The number of morpholine rings is 1. The van der Waals surface area contributed by atoms with Gasteiger partial charge in [-0.05, 0) is 25.5 Å². The molecule has 1 saturated heterocycles. The number of carbonyl (C=O) groups excluding carboxylic acids is 1. The van der Waals surface area contributed by atoms with Crippen LogP contribution >= 0.6 is 11.6 Å². The first-order valence-electron chi connectivity index (χ1n) is 8.68. The van der Waals surface area contributed by atoms with Gasteiger partial charge in [0.15, 0.2) is 11.5 Å². The zero-order valence-corrected chi connectivity index (χ0v) is 15.8. The first kappa shape index (κ1) is 20.3. The largest absolute Gasteiger partial charge is 0.490 e. The molecule has 26 heavy (non-hydrogen) atoms. The molecular formula is C18H24ClNO6. The van der Waals surface area contributed by atoms with Crippen molar-refractivity contribution < 1.29 is 28.9 Å². The predicted octanol–water partition coefficient (Wildman–Crippen LogP) is 2.84. The van der Waals surface area contributed by atoms with Crippen molar-refractivity contribution in [2.75, 3.05) is 32.9 Å². The summed E-state index contributed by atoms with van der Waals surface area (Å²) in [5.41, 5.74) is 0.373. The molecule has 7 nitrogen and oxygen atoms in total. The molecule has 1 atom stereocenters. The van der Waals surface area contributed by atoms with Crippen LogP contribution in [0.2, 0.25) is 5.02 Å². The lowest BCUT2D eigenvalue weighted by molar-refractivity contribution is -0.141. The van der Waals surface area contributed by atoms with Gasteiger partial charge < -0.3 is 24.2 Å². The number of carboxylic acids is 1. The average Bonchev–Trinajstić information content (AvgIpc) is 2.60. The van der Waals surface area contributed by atoms with Crippen molar-refractivity contribution in [2.24, 2.45) is 0 Å². The van der Waals surface area contributed by atoms with Gasteiger partial charge in [-0.15, -0.1) is 0 Å². The third kappa shape index (κ3) is 5.25. The number of halogens is 1. The van der Waals surface area contributed by atoms with Crippen LogP contribution in [0, 0.1) is 0 Å². The molecule has 1 aliphatic heterocycles. The van der Waals surface area contributed by atoms with Crippen LogP contribution in [0.1, 0.15) is 37.0 Å². The zero-order chi connectivity index (χ0) is 19.1. The number of benzene rings is 1. The number of rotatable bonds is 8. The van der Waals surface area contributed by atoms with Crippen molar-refractivity contribution in [3.8, 4) is 11.5 Å². The molecule has 0 bridgehead atoms. The van der Waals surface area contributed by atoms with E-state index in [2.05, 4.69) is 0 Å². The Kier molecular flexibility index (Phi) is 7.53. The molecule has 0 spiro atoms. The Bertz CT molecular complexity index is 651. The van der Waals surface area contributed by atoms with Gasteiger partial charge in [-0.3, -0.25) is 9.59 Å². The van der Waals surface area contributed by atoms with Gasteiger partial charge in [0.2, 0.25) is 0 Å². The van der Waals surface area contributed by atoms with Gasteiger partial charge in [-0.1, -0.05) is 18.5 Å². The number of amides is 1. The first-order valence-corrected chi connectivity index (χ1v) is 9.05. The van der Waals surface area contributed by atoms with Crippen LogP contribution in [0.5, 0.6) is 11.5 Å². The van der Waals surface area contributed by atoms with Crippen molar-refractivity contribution in [1.29, 1.82) is 0 Å². The summed E-state index contributed by atoms with van der Waals surface area (Å²) in [5.74, 6) is -0.346. The first-order chi connectivity index (χ1) is 12.5. The van der Waals surface area contributed by atoms with E-state index in [1.54, 1.807) is 17.0 Å². The predicted molar refractivity (Wildman–Crippen MR) is 96.3 cm³/mol. The molecule has 1 amide bonds. The smallest absolute Gasteiger partial charge is 0.306 e. The Hall–Kier alpha value is -1.99. The van der Waals surface area contributed by atoms with E-state index in [9.17, 15) is 9.59 Å². The summed E-state index contributed by atoms with van der Waals surface area (Å²) in [5, 5.41) is 9.22. The molecule has 1 N–H and O–H groups in total. The van der Waals surface area contributed by atoms with Gasteiger partial charge in [0.05, 0.1) is 37.4 Å². The highest BCUT2D eigenvalue weighted by Gasteiger charge is 2.27. The number of carboxylic acid groups (broad SMARTS) is 1. The third-order valence-electron chi connectivity index (χ3n) is 3.84. The van der Waals surface area contributed by atoms with Crippen molar-refractivity contribution in [1.82, 2.24) is 4.90 Å². The van der Waals surface area contributed by atoms with E-state index in [4.69, 9.17) is 30.9 Å². The van der Waals surface area contributed by atoms with Gasteiger partial charge >= 0.3 is 5.97 Å². The lowest BCUT2D eigenvalue weighted by Gasteiger charge is -2.32. The molecule has 1 aromatic carbocycles. The molecule has 8 heteroatoms. The zero-order valence-electron chi connectivity index (χ0n) is 15.0. The second-order valence-electron chi connectivity index (χ2n) is 5.91. The fraction of sp³-hybridized carbons (Fsp3) is 0.556. The Labute approximate surface area is 157 Å². The van der Waals surface area contributed by atoms with E-state index < -0.39 is 12.1 Å². The number of carbonyl (C=O) groups is 2. The molecule has 0 aliphatic carbocycles. The SMILES string of the molecule is CCCOc1c(Cl)cc(C(=O)N2CCOC(CC(=O)O)C2)cc1OCC. The minimum absolute atomic E-state index is 0.140. The van der Waals surface area contributed by atoms with E-state index in [0.717, 1.165) is 6.42 Å². The normalized spacial score (nSPS) is 17.0. The summed E-state index contributed by atoms with van der Waals surface area (Å²) < 4.78 is 16.6. The molecule has 1 heterocycles. The monoisotopic (exact) mass is 385 g/mol. The molecule has 1 aliphatic rings. The molecule has 1 aromatic rings. The molecule has 1 unspecified atom stereocenters. The van der Waals surface area contributed by atoms with Gasteiger partial charge in [0.25, 0.3) is 5.91 Å². The Morgan fingerprint density at radius 3 is 2.77 bits per heavy atom. The highest BCUT2D eigenvalue weighted by Crippen LogP contribution is 2.37. The summed E-state index contributed by atoms with van der Waals surface area (Å²) in [6.45, 7) is 5.64. The number of aliphatic carboxylic acids is 1. The summed E-state index contributed by atoms with van der Waals surface area (Å²) in [6.07, 6.45) is 0.166. The maximum atomic E-state index is 12.8. The second kappa shape index (κ2) is 9.64. The lowest BCUT2D eigenvalue weighted by Crippen LogP contribution is -2.46. The molecule has 0 saturated carbocycles. The minimum Gasteiger partial charge on any atom is -0.490 e. The summed E-state index contributed by atoms with van der Waals surface area (Å²) in [7, 11) is 0. The lowest BCUT2D eigenvalue weighted by atomic mass is 10.1. The Morgan fingerprint density at radius 2 is 2.12 bits per heavy atom. The topological polar surface area (TPSA) is 85.3 Å². The highest BCUT2D eigenvalue weighted by atomic mass is 35.5. The van der Waals surface area contributed by atoms with Crippen molar-refractivity contribution in [3.63, 3.8) is 0 Å². The Balaban J connectivity index is 2.20. The van der Waals surface area contributed by atoms with Crippen molar-refractivity contribution in [3.05, 3.63) is 22.7 Å². The third-order valence-corrected chi connectivity index (χ3v) is 4.12. The van der Waals surface area contributed by atoms with Crippen LogP contribution in [0.15, 0.2) is 12.1 Å². The van der Waals surface area contributed by atoms with Crippen molar-refractivity contribution in [2.45, 2.75) is 32.8 Å². The van der Waals surface area contributed by atoms with Crippen molar-refractivity contribution >= 4 is 23.5 Å². The molecule has 0 aromatic heterocycles. The van der Waals surface area contributed by atoms with Gasteiger partial charge in [0.1, 0.15) is 0 Å². The molecule has 144 valence electrons. The summed E-state index contributed by atoms with van der Waals surface area (Å²) in [4.78, 5) is 25.3. The van der Waals surface area contributed by atoms with E-state index >= 15 is 0 Å². The fourth-order valence-corrected chi connectivity index (χ4v) is 2.97. The van der Waals surface area contributed by atoms with E-state index in [1.807, 2.05) is 13.8 Å². The summed E-state index contributed by atoms with van der Waals surface area (Å²) in [6, 6.07) is 3.17. The average molecular weight is 386 g/mol. The minimum atomic E-state index is -0.955. The molecular weight excluding hydrogens is 362 g/mol. The van der Waals surface area contributed by atoms with Crippen LogP contribution in [-0.2, 0) is 9.53 Å². The number of hydrogen-bond acceptors (Lipinski definition) is 5. The summed E-state index contributed by atoms with van der Waals surface area (Å²) >= 11 is 6.31. The van der Waals surface area contributed by atoms with Gasteiger partial charge in [-0.2, -0.15) is 0 Å². The van der Waals surface area contributed by atoms with Crippen LogP contribution < -0.4 is 9.47 Å². The van der Waals surface area contributed by atoms with E-state index in [1.165, 1.54) is 0 Å². The van der Waals surface area contributed by atoms with Gasteiger partial charge in [0, 0.05) is 18.7 Å². The van der Waals surface area contributed by atoms with E-state index in [-0.39, 0.29) is 18.9 Å². The number of hydrogen-bond donors (Lipinski definition) is 1. The Morgan fingerprint density at radius 1 is 1.35 bits per heavy atom. The molecule has 1 fully saturated rings. The van der Waals surface area contributed by atoms with Crippen LogP contribution in [0.3, 0.4) is 0 Å². The van der Waals surface area contributed by atoms with Crippen LogP contribution in [0.4, 0.5) is 0 Å². The van der Waals surface area contributed by atoms with E-state index in [0.29, 0.717) is 48.5 Å². The second-order valence-corrected chi connectivity index (χ2v) is 6.32. The maximum absolute atomic E-state index is 12.8. The number of nitrogens with zero attached hydrogens (tertiary/aromatic N) is 1. The maximum Gasteiger partial charge on any atom is 0.306 e. The molecule has 0 radical (unpaired) electrons. The highest BCUT2D eigenvalue weighted by molar-refractivity contribution is 6.32. The van der Waals surface area contributed by atoms with Gasteiger partial charge in [-0.25, -0.2) is 0 Å². The quantitative estimate of drug-likeness (QED) is 0.740.